The summed E-state index contributed by atoms with van der Waals surface area (Å²) in [4.78, 5) is 1.20. The molecule has 0 amide bonds. The number of hydrogen-bond acceptors (Lipinski definition) is 3. The van der Waals surface area contributed by atoms with Gasteiger partial charge in [-0.15, -0.1) is 11.3 Å². The van der Waals surface area contributed by atoms with E-state index in [9.17, 15) is 4.39 Å². The second-order valence-electron chi connectivity index (χ2n) is 4.22. The van der Waals surface area contributed by atoms with E-state index >= 15 is 0 Å². The average molecular weight is 293 g/mol. The SMILES string of the molecule is C=C(NCCS)c1c(-c2ccc(F)cc2)csc1C. The maximum absolute atomic E-state index is 13.0. The summed E-state index contributed by atoms with van der Waals surface area (Å²) in [7, 11) is 0. The van der Waals surface area contributed by atoms with Crippen LogP contribution in [0.15, 0.2) is 36.2 Å². The van der Waals surface area contributed by atoms with Crippen LogP contribution < -0.4 is 5.32 Å². The highest BCUT2D eigenvalue weighted by molar-refractivity contribution is 7.80. The van der Waals surface area contributed by atoms with Crippen LogP contribution in [0.25, 0.3) is 16.8 Å². The van der Waals surface area contributed by atoms with E-state index in [0.717, 1.165) is 34.7 Å². The first-order chi connectivity index (χ1) is 9.13. The lowest BCUT2D eigenvalue weighted by Crippen LogP contribution is -2.14. The van der Waals surface area contributed by atoms with Gasteiger partial charge in [-0.2, -0.15) is 12.6 Å². The number of rotatable bonds is 5. The second-order valence-corrected chi connectivity index (χ2v) is 5.75. The van der Waals surface area contributed by atoms with Gasteiger partial charge in [-0.3, -0.25) is 0 Å². The van der Waals surface area contributed by atoms with Crippen LogP contribution in [0.1, 0.15) is 10.4 Å². The molecule has 100 valence electrons. The Labute approximate surface area is 122 Å². The molecular formula is C15H16FNS2. The molecule has 0 saturated carbocycles. The van der Waals surface area contributed by atoms with Gasteiger partial charge >= 0.3 is 0 Å². The number of thiol groups is 1. The van der Waals surface area contributed by atoms with E-state index in [1.807, 2.05) is 0 Å². The minimum absolute atomic E-state index is 0.218. The summed E-state index contributed by atoms with van der Waals surface area (Å²) in [5.74, 6) is 0.540. The normalized spacial score (nSPS) is 10.5. The van der Waals surface area contributed by atoms with Crippen LogP contribution in [-0.4, -0.2) is 12.3 Å². The standard InChI is InChI=1S/C15H16FNS2/c1-10(17-7-8-18)15-11(2)19-9-14(15)12-3-5-13(16)6-4-12/h3-6,9,17-18H,1,7-8H2,2H3. The fourth-order valence-electron chi connectivity index (χ4n) is 1.97. The van der Waals surface area contributed by atoms with Crippen molar-refractivity contribution in [3.05, 3.63) is 52.5 Å². The fourth-order valence-corrected chi connectivity index (χ4v) is 2.98. The number of benzene rings is 1. The topological polar surface area (TPSA) is 12.0 Å². The molecule has 0 bridgehead atoms. The van der Waals surface area contributed by atoms with E-state index < -0.39 is 0 Å². The van der Waals surface area contributed by atoms with Crippen LogP contribution in [0.3, 0.4) is 0 Å². The van der Waals surface area contributed by atoms with E-state index in [1.165, 1.54) is 17.0 Å². The number of nitrogens with one attached hydrogen (secondary N) is 1. The Morgan fingerprint density at radius 1 is 1.37 bits per heavy atom. The molecule has 1 N–H and O–H groups in total. The molecule has 0 saturated heterocycles. The van der Waals surface area contributed by atoms with Gasteiger partial charge in [0.15, 0.2) is 0 Å². The molecule has 1 nitrogen and oxygen atoms in total. The summed E-state index contributed by atoms with van der Waals surface area (Å²) in [5.41, 5.74) is 4.11. The van der Waals surface area contributed by atoms with Crippen molar-refractivity contribution in [1.29, 1.82) is 0 Å². The average Bonchev–Trinajstić information content (AvgIpc) is 2.79. The molecule has 0 aliphatic heterocycles. The van der Waals surface area contributed by atoms with Crippen molar-refractivity contribution in [2.75, 3.05) is 12.3 Å². The van der Waals surface area contributed by atoms with Crippen molar-refractivity contribution >= 4 is 29.7 Å². The zero-order valence-electron chi connectivity index (χ0n) is 10.7. The number of hydrogen-bond donors (Lipinski definition) is 2. The molecule has 0 unspecified atom stereocenters. The van der Waals surface area contributed by atoms with Crippen LogP contribution in [-0.2, 0) is 0 Å². The Hall–Kier alpha value is -1.26. The molecule has 0 atom stereocenters. The molecule has 0 fully saturated rings. The molecule has 0 aliphatic rings. The quantitative estimate of drug-likeness (QED) is 0.781. The van der Waals surface area contributed by atoms with Crippen LogP contribution in [0.4, 0.5) is 4.39 Å². The van der Waals surface area contributed by atoms with Crippen molar-refractivity contribution in [3.63, 3.8) is 0 Å². The van der Waals surface area contributed by atoms with Gasteiger partial charge in [0.1, 0.15) is 5.82 Å². The minimum atomic E-state index is -0.218. The molecule has 1 aromatic heterocycles. The molecule has 2 rings (SSSR count). The van der Waals surface area contributed by atoms with Crippen molar-refractivity contribution < 1.29 is 4.39 Å². The summed E-state index contributed by atoms with van der Waals surface area (Å²) < 4.78 is 13.0. The van der Waals surface area contributed by atoms with Crippen LogP contribution in [0, 0.1) is 12.7 Å². The lowest BCUT2D eigenvalue weighted by Gasteiger charge is -2.11. The number of aryl methyl sites for hydroxylation is 1. The van der Waals surface area contributed by atoms with E-state index in [-0.39, 0.29) is 5.82 Å². The third kappa shape index (κ3) is 3.19. The lowest BCUT2D eigenvalue weighted by atomic mass is 10.0. The van der Waals surface area contributed by atoms with Gasteiger partial charge in [0, 0.05) is 34.0 Å². The number of thiophene rings is 1. The summed E-state index contributed by atoms with van der Waals surface area (Å²) >= 11 is 5.86. The van der Waals surface area contributed by atoms with Crippen molar-refractivity contribution in [1.82, 2.24) is 5.32 Å². The van der Waals surface area contributed by atoms with E-state index in [4.69, 9.17) is 0 Å². The van der Waals surface area contributed by atoms with Gasteiger partial charge in [-0.05, 0) is 30.0 Å². The molecular weight excluding hydrogens is 277 g/mol. The van der Waals surface area contributed by atoms with Crippen LogP contribution in [0.2, 0.25) is 0 Å². The monoisotopic (exact) mass is 293 g/mol. The fraction of sp³-hybridized carbons (Fsp3) is 0.200. The zero-order valence-corrected chi connectivity index (χ0v) is 12.5. The van der Waals surface area contributed by atoms with E-state index in [0.29, 0.717) is 0 Å². The third-order valence-corrected chi connectivity index (χ3v) is 4.02. The Kier molecular flexibility index (Phi) is 4.66. The van der Waals surface area contributed by atoms with Gasteiger partial charge in [0.05, 0.1) is 0 Å². The highest BCUT2D eigenvalue weighted by Crippen LogP contribution is 2.34. The molecule has 2 aromatic rings. The zero-order chi connectivity index (χ0) is 13.8. The van der Waals surface area contributed by atoms with Crippen LogP contribution >= 0.6 is 24.0 Å². The van der Waals surface area contributed by atoms with E-state index in [2.05, 4.69) is 36.8 Å². The van der Waals surface area contributed by atoms with Gasteiger partial charge in [-0.1, -0.05) is 18.7 Å². The Morgan fingerprint density at radius 2 is 2.05 bits per heavy atom. The summed E-state index contributed by atoms with van der Waals surface area (Å²) in [6, 6.07) is 6.56. The molecule has 0 radical (unpaired) electrons. The van der Waals surface area contributed by atoms with Gasteiger partial charge < -0.3 is 5.32 Å². The first-order valence-electron chi connectivity index (χ1n) is 6.01. The molecule has 1 heterocycles. The first-order valence-corrected chi connectivity index (χ1v) is 7.52. The van der Waals surface area contributed by atoms with E-state index in [1.54, 1.807) is 23.5 Å². The molecule has 19 heavy (non-hydrogen) atoms. The minimum Gasteiger partial charge on any atom is -0.384 e. The number of halogens is 1. The second kappa shape index (κ2) is 6.26. The molecule has 0 aliphatic carbocycles. The van der Waals surface area contributed by atoms with Crippen molar-refractivity contribution in [2.45, 2.75) is 6.92 Å². The smallest absolute Gasteiger partial charge is 0.123 e. The summed E-state index contributed by atoms with van der Waals surface area (Å²) in [6.07, 6.45) is 0. The highest BCUT2D eigenvalue weighted by Gasteiger charge is 2.13. The van der Waals surface area contributed by atoms with Gasteiger partial charge in [-0.25, -0.2) is 4.39 Å². The molecule has 1 aromatic carbocycles. The predicted octanol–water partition coefficient (Wildman–Crippen LogP) is 4.35. The Bertz CT molecular complexity index is 572. The van der Waals surface area contributed by atoms with Gasteiger partial charge in [0.2, 0.25) is 0 Å². The van der Waals surface area contributed by atoms with Crippen molar-refractivity contribution in [2.24, 2.45) is 0 Å². The predicted molar refractivity (Wildman–Crippen MR) is 85.3 cm³/mol. The third-order valence-electron chi connectivity index (χ3n) is 2.88. The first kappa shape index (κ1) is 14.2. The van der Waals surface area contributed by atoms with Crippen molar-refractivity contribution in [3.8, 4) is 11.1 Å². The lowest BCUT2D eigenvalue weighted by molar-refractivity contribution is 0.628. The van der Waals surface area contributed by atoms with Crippen LogP contribution in [0.5, 0.6) is 0 Å². The summed E-state index contributed by atoms with van der Waals surface area (Å²) in [6.45, 7) is 6.93. The van der Waals surface area contributed by atoms with Gasteiger partial charge in [0.25, 0.3) is 0 Å². The molecule has 0 spiro atoms. The largest absolute Gasteiger partial charge is 0.384 e. The Morgan fingerprint density at radius 3 is 2.68 bits per heavy atom. The maximum Gasteiger partial charge on any atom is 0.123 e. The maximum atomic E-state index is 13.0. The Balaban J connectivity index is 2.37. The highest BCUT2D eigenvalue weighted by atomic mass is 32.1. The summed E-state index contributed by atoms with van der Waals surface area (Å²) in [5, 5.41) is 5.35. The molecule has 4 heteroatoms.